The van der Waals surface area contributed by atoms with Gasteiger partial charge in [-0.2, -0.15) is 0 Å². The van der Waals surface area contributed by atoms with E-state index in [-0.39, 0.29) is 24.1 Å². The maximum Gasteiger partial charge on any atom is 0.255 e. The van der Waals surface area contributed by atoms with Crippen LogP contribution in [0.2, 0.25) is 0 Å². The summed E-state index contributed by atoms with van der Waals surface area (Å²) in [4.78, 5) is 41.0. The van der Waals surface area contributed by atoms with Crippen molar-refractivity contribution in [2.45, 2.75) is 63.7 Å². The van der Waals surface area contributed by atoms with E-state index in [0.717, 1.165) is 37.7 Å². The number of carbonyl (C=O) groups excluding carboxylic acids is 3. The number of carbonyl (C=O) groups is 3. The molecule has 1 aliphatic carbocycles. The Kier molecular flexibility index (Phi) is 5.33. The number of nitrogens with zero attached hydrogens (tertiary/aromatic N) is 2. The number of amides is 3. The number of hydrogen-bond acceptors (Lipinski definition) is 5. The van der Waals surface area contributed by atoms with Gasteiger partial charge in [0.15, 0.2) is 0 Å². The maximum atomic E-state index is 13.1. The monoisotopic (exact) mass is 410 g/mol. The fourth-order valence-corrected chi connectivity index (χ4v) is 5.08. The molecule has 4 aliphatic rings. The molecule has 5 rings (SSSR count). The summed E-state index contributed by atoms with van der Waals surface area (Å²) in [6.45, 7) is 4.63. The quantitative estimate of drug-likeness (QED) is 0.693. The summed E-state index contributed by atoms with van der Waals surface area (Å²) in [7, 11) is 0. The lowest BCUT2D eigenvalue weighted by atomic mass is 10.0. The number of hydrogen-bond donors (Lipinski definition) is 2. The van der Waals surface area contributed by atoms with Crippen molar-refractivity contribution >= 4 is 17.7 Å². The minimum atomic E-state index is -0.549. The number of imide groups is 1. The lowest BCUT2D eigenvalue weighted by Gasteiger charge is -2.35. The van der Waals surface area contributed by atoms with E-state index in [9.17, 15) is 14.4 Å². The zero-order valence-electron chi connectivity index (χ0n) is 17.4. The van der Waals surface area contributed by atoms with E-state index in [4.69, 9.17) is 0 Å². The summed E-state index contributed by atoms with van der Waals surface area (Å²) in [5.41, 5.74) is 2.87. The Hall–Kier alpha value is -2.25. The van der Waals surface area contributed by atoms with Crippen molar-refractivity contribution in [2.24, 2.45) is 5.92 Å². The van der Waals surface area contributed by atoms with Gasteiger partial charge in [-0.1, -0.05) is 12.1 Å². The highest BCUT2D eigenvalue weighted by atomic mass is 16.2. The van der Waals surface area contributed by atoms with Crippen LogP contribution in [-0.4, -0.2) is 59.2 Å². The average Bonchev–Trinajstić information content (AvgIpc) is 3.51. The number of fused-ring (bicyclic) bond motifs is 1. The molecule has 3 fully saturated rings. The second-order valence-corrected chi connectivity index (χ2v) is 9.25. The molecule has 30 heavy (non-hydrogen) atoms. The topological polar surface area (TPSA) is 81.8 Å². The largest absolute Gasteiger partial charge is 0.322 e. The van der Waals surface area contributed by atoms with Gasteiger partial charge in [0.25, 0.3) is 5.91 Å². The molecule has 0 radical (unpaired) electrons. The summed E-state index contributed by atoms with van der Waals surface area (Å²) < 4.78 is 0. The first-order valence-electron chi connectivity index (χ1n) is 11.3. The molecular formula is C23H30N4O3. The van der Waals surface area contributed by atoms with Crippen molar-refractivity contribution in [1.29, 1.82) is 0 Å². The number of piperidine rings is 2. The highest BCUT2D eigenvalue weighted by Gasteiger charge is 2.39. The molecule has 3 heterocycles. The molecule has 0 spiro atoms. The van der Waals surface area contributed by atoms with E-state index in [1.54, 1.807) is 4.90 Å². The second-order valence-electron chi connectivity index (χ2n) is 9.25. The average molecular weight is 411 g/mol. The Bertz CT molecular complexity index is 860. The lowest BCUT2D eigenvalue weighted by Crippen LogP contribution is -2.52. The Morgan fingerprint density at radius 3 is 2.57 bits per heavy atom. The van der Waals surface area contributed by atoms with Gasteiger partial charge >= 0.3 is 0 Å². The van der Waals surface area contributed by atoms with E-state index in [2.05, 4.69) is 21.6 Å². The molecule has 7 heteroatoms. The van der Waals surface area contributed by atoms with Gasteiger partial charge in [0.2, 0.25) is 11.8 Å². The highest BCUT2D eigenvalue weighted by Crippen LogP contribution is 2.33. The first-order chi connectivity index (χ1) is 14.6. The van der Waals surface area contributed by atoms with Crippen LogP contribution in [0.1, 0.15) is 60.0 Å². The first-order valence-corrected chi connectivity index (χ1v) is 11.3. The van der Waals surface area contributed by atoms with Crippen LogP contribution < -0.4 is 10.6 Å². The fraction of sp³-hybridized carbons (Fsp3) is 0.609. The number of rotatable bonds is 6. The van der Waals surface area contributed by atoms with Crippen LogP contribution in [0.3, 0.4) is 0 Å². The molecule has 2 saturated heterocycles. The van der Waals surface area contributed by atoms with Crippen LogP contribution in [-0.2, 0) is 22.7 Å². The summed E-state index contributed by atoms with van der Waals surface area (Å²) in [5, 5.41) is 5.82. The van der Waals surface area contributed by atoms with Crippen molar-refractivity contribution in [3.63, 3.8) is 0 Å². The van der Waals surface area contributed by atoms with E-state index < -0.39 is 6.04 Å². The Morgan fingerprint density at radius 2 is 1.83 bits per heavy atom. The van der Waals surface area contributed by atoms with Gasteiger partial charge in [0, 0.05) is 37.7 Å². The molecule has 1 aromatic carbocycles. The molecule has 2 N–H and O–H groups in total. The molecule has 3 aliphatic heterocycles. The Balaban J connectivity index is 1.31. The smallest absolute Gasteiger partial charge is 0.255 e. The molecular weight excluding hydrogens is 380 g/mol. The zero-order valence-corrected chi connectivity index (χ0v) is 17.4. The van der Waals surface area contributed by atoms with Crippen LogP contribution in [0.4, 0.5) is 0 Å². The summed E-state index contributed by atoms with van der Waals surface area (Å²) >= 11 is 0. The normalized spacial score (nSPS) is 25.0. The predicted molar refractivity (Wildman–Crippen MR) is 112 cm³/mol. The van der Waals surface area contributed by atoms with Crippen LogP contribution in [0, 0.1) is 5.92 Å². The van der Waals surface area contributed by atoms with E-state index >= 15 is 0 Å². The number of benzene rings is 1. The molecule has 7 nitrogen and oxygen atoms in total. The van der Waals surface area contributed by atoms with Gasteiger partial charge in [-0.05, 0) is 68.3 Å². The fourth-order valence-electron chi connectivity index (χ4n) is 5.08. The standard InChI is InChI=1S/C23H30N4O3/c28-21-6-5-20(22(29)25-21)27-14-17-4-3-16(11-19(17)23(27)30)13-26(12-15-1-2-15)18-7-9-24-10-8-18/h3-4,11,15,18,20,24H,1-2,5-10,12-14H2,(H,25,28,29). The van der Waals surface area contributed by atoms with Crippen molar-refractivity contribution in [1.82, 2.24) is 20.4 Å². The van der Waals surface area contributed by atoms with Gasteiger partial charge < -0.3 is 10.2 Å². The van der Waals surface area contributed by atoms with E-state index in [1.807, 2.05) is 12.1 Å². The molecule has 160 valence electrons. The molecule has 1 aromatic rings. The second kappa shape index (κ2) is 8.12. The van der Waals surface area contributed by atoms with E-state index in [1.165, 1.54) is 31.2 Å². The van der Waals surface area contributed by atoms with Crippen molar-refractivity contribution < 1.29 is 14.4 Å². The van der Waals surface area contributed by atoms with Crippen molar-refractivity contribution in [3.05, 3.63) is 34.9 Å². The van der Waals surface area contributed by atoms with Crippen LogP contribution in [0.5, 0.6) is 0 Å². The lowest BCUT2D eigenvalue weighted by molar-refractivity contribution is -0.136. The highest BCUT2D eigenvalue weighted by molar-refractivity contribution is 6.05. The third-order valence-corrected chi connectivity index (χ3v) is 6.99. The Morgan fingerprint density at radius 1 is 1.03 bits per heavy atom. The molecule has 0 aromatic heterocycles. The first kappa shape index (κ1) is 19.7. The van der Waals surface area contributed by atoms with Gasteiger partial charge in [0.05, 0.1) is 0 Å². The van der Waals surface area contributed by atoms with Gasteiger partial charge in [-0.15, -0.1) is 0 Å². The summed E-state index contributed by atoms with van der Waals surface area (Å²) in [6, 6.07) is 6.28. The van der Waals surface area contributed by atoms with Crippen LogP contribution in [0.15, 0.2) is 18.2 Å². The number of nitrogens with one attached hydrogen (secondary N) is 2. The molecule has 1 atom stereocenters. The van der Waals surface area contributed by atoms with E-state index in [0.29, 0.717) is 24.6 Å². The van der Waals surface area contributed by atoms with Gasteiger partial charge in [-0.25, -0.2) is 0 Å². The van der Waals surface area contributed by atoms with Crippen molar-refractivity contribution in [3.8, 4) is 0 Å². The SMILES string of the molecule is O=C1CCC(N2Cc3ccc(CN(CC4CC4)C4CCNCC4)cc3C2=O)C(=O)N1. The Labute approximate surface area is 177 Å². The molecule has 1 unspecified atom stereocenters. The molecule has 1 saturated carbocycles. The van der Waals surface area contributed by atoms with Gasteiger partial charge in [-0.3, -0.25) is 24.6 Å². The van der Waals surface area contributed by atoms with Crippen molar-refractivity contribution in [2.75, 3.05) is 19.6 Å². The maximum absolute atomic E-state index is 13.1. The predicted octanol–water partition coefficient (Wildman–Crippen LogP) is 1.41. The third kappa shape index (κ3) is 4.01. The minimum absolute atomic E-state index is 0.0861. The van der Waals surface area contributed by atoms with Crippen LogP contribution >= 0.6 is 0 Å². The zero-order chi connectivity index (χ0) is 20.7. The molecule has 3 amide bonds. The minimum Gasteiger partial charge on any atom is -0.322 e. The third-order valence-electron chi connectivity index (χ3n) is 6.99. The summed E-state index contributed by atoms with van der Waals surface area (Å²) in [6.07, 6.45) is 5.73. The molecule has 0 bridgehead atoms. The van der Waals surface area contributed by atoms with Crippen LogP contribution in [0.25, 0.3) is 0 Å². The van der Waals surface area contributed by atoms with Gasteiger partial charge in [0.1, 0.15) is 6.04 Å². The summed E-state index contributed by atoms with van der Waals surface area (Å²) in [5.74, 6) is 0.140.